The molecule has 0 aromatic carbocycles. The van der Waals surface area contributed by atoms with Gasteiger partial charge in [0, 0.05) is 24.9 Å². The maximum atomic E-state index is 12.5. The van der Waals surface area contributed by atoms with Crippen LogP contribution in [-0.2, 0) is 4.79 Å². The van der Waals surface area contributed by atoms with Gasteiger partial charge in [0.1, 0.15) is 0 Å². The second-order valence-corrected chi connectivity index (χ2v) is 7.66. The molecule has 1 N–H and O–H groups in total. The highest BCUT2D eigenvalue weighted by Crippen LogP contribution is 2.49. The molecule has 3 fully saturated rings. The van der Waals surface area contributed by atoms with Crippen LogP contribution in [0.3, 0.4) is 0 Å². The molecule has 2 aliphatic carbocycles. The Hall–Kier alpha value is -1.08. The van der Waals surface area contributed by atoms with Gasteiger partial charge >= 0.3 is 0 Å². The first-order chi connectivity index (χ1) is 10.7. The Labute approximate surface area is 134 Å². The standard InChI is InChI=1S/C18H29N3O/c1-13(17-12-14-3-4-16(17)11-14)20-18(22)15-5-9-21(10-6-15)8-2-7-19/h13-17H,2-6,8-12H2,1H3,(H,20,22). The van der Waals surface area contributed by atoms with Crippen LogP contribution in [0.5, 0.6) is 0 Å². The molecule has 0 spiro atoms. The van der Waals surface area contributed by atoms with Gasteiger partial charge in [0.25, 0.3) is 0 Å². The molecule has 4 nitrogen and oxygen atoms in total. The summed E-state index contributed by atoms with van der Waals surface area (Å²) in [6.07, 6.45) is 8.02. The molecule has 2 bridgehead atoms. The van der Waals surface area contributed by atoms with Crippen molar-refractivity contribution in [2.24, 2.45) is 23.7 Å². The van der Waals surface area contributed by atoms with E-state index >= 15 is 0 Å². The molecule has 3 rings (SSSR count). The van der Waals surface area contributed by atoms with Crippen LogP contribution in [0, 0.1) is 35.0 Å². The first kappa shape index (κ1) is 15.8. The predicted molar refractivity (Wildman–Crippen MR) is 85.9 cm³/mol. The van der Waals surface area contributed by atoms with E-state index < -0.39 is 0 Å². The first-order valence-electron chi connectivity index (χ1n) is 9.07. The number of hydrogen-bond acceptors (Lipinski definition) is 3. The summed E-state index contributed by atoms with van der Waals surface area (Å²) in [6, 6.07) is 2.55. The second-order valence-electron chi connectivity index (χ2n) is 7.66. The molecular weight excluding hydrogens is 274 g/mol. The van der Waals surface area contributed by atoms with Gasteiger partial charge in [0.05, 0.1) is 6.07 Å². The molecule has 0 aromatic rings. The van der Waals surface area contributed by atoms with Crippen LogP contribution in [-0.4, -0.2) is 36.5 Å². The van der Waals surface area contributed by atoms with Crippen LogP contribution in [0.25, 0.3) is 0 Å². The Bertz CT molecular complexity index is 436. The van der Waals surface area contributed by atoms with Gasteiger partial charge in [-0.3, -0.25) is 4.79 Å². The van der Waals surface area contributed by atoms with E-state index in [1.54, 1.807) is 0 Å². The molecule has 1 aliphatic heterocycles. The van der Waals surface area contributed by atoms with Crippen molar-refractivity contribution >= 4 is 5.91 Å². The summed E-state index contributed by atoms with van der Waals surface area (Å²) in [6.45, 7) is 4.99. The lowest BCUT2D eigenvalue weighted by molar-refractivity contribution is -0.127. The van der Waals surface area contributed by atoms with Gasteiger partial charge in [-0.25, -0.2) is 0 Å². The van der Waals surface area contributed by atoms with Crippen LogP contribution >= 0.6 is 0 Å². The summed E-state index contributed by atoms with van der Waals surface area (Å²) >= 11 is 0. The topological polar surface area (TPSA) is 56.1 Å². The molecule has 3 aliphatic rings. The van der Waals surface area contributed by atoms with Crippen molar-refractivity contribution in [1.29, 1.82) is 5.26 Å². The highest BCUT2D eigenvalue weighted by molar-refractivity contribution is 5.79. The van der Waals surface area contributed by atoms with Gasteiger partial charge in [-0.15, -0.1) is 0 Å². The van der Waals surface area contributed by atoms with Crippen LogP contribution in [0.2, 0.25) is 0 Å². The SMILES string of the molecule is CC(NC(=O)C1CCN(CCC#N)CC1)C1CC2CCC1C2. The van der Waals surface area contributed by atoms with E-state index in [0.29, 0.717) is 12.5 Å². The molecule has 122 valence electrons. The zero-order valence-electron chi connectivity index (χ0n) is 13.8. The van der Waals surface area contributed by atoms with Crippen molar-refractivity contribution in [1.82, 2.24) is 10.2 Å². The van der Waals surface area contributed by atoms with Gasteiger partial charge in [0.15, 0.2) is 0 Å². The molecule has 0 aromatic heterocycles. The van der Waals surface area contributed by atoms with E-state index in [1.807, 2.05) is 0 Å². The number of nitriles is 1. The minimum atomic E-state index is 0.180. The number of hydrogen-bond donors (Lipinski definition) is 1. The third-order valence-electron chi connectivity index (χ3n) is 6.30. The van der Waals surface area contributed by atoms with E-state index in [1.165, 1.54) is 25.7 Å². The fraction of sp³-hybridized carbons (Fsp3) is 0.889. The normalized spacial score (nSPS) is 33.5. The Morgan fingerprint density at radius 2 is 2.05 bits per heavy atom. The predicted octanol–water partition coefficient (Wildman–Crippen LogP) is 2.55. The zero-order chi connectivity index (χ0) is 15.5. The molecule has 1 saturated heterocycles. The number of carbonyl (C=O) groups is 1. The van der Waals surface area contributed by atoms with Crippen molar-refractivity contribution in [3.8, 4) is 6.07 Å². The quantitative estimate of drug-likeness (QED) is 0.849. The van der Waals surface area contributed by atoms with Gasteiger partial charge in [-0.2, -0.15) is 5.26 Å². The van der Waals surface area contributed by atoms with Crippen LogP contribution < -0.4 is 5.32 Å². The largest absolute Gasteiger partial charge is 0.353 e. The average Bonchev–Trinajstić information content (AvgIpc) is 3.16. The molecule has 22 heavy (non-hydrogen) atoms. The smallest absolute Gasteiger partial charge is 0.223 e. The lowest BCUT2D eigenvalue weighted by Crippen LogP contribution is -2.46. The Balaban J connectivity index is 1.42. The Morgan fingerprint density at radius 1 is 1.27 bits per heavy atom. The fourth-order valence-electron chi connectivity index (χ4n) is 4.98. The van der Waals surface area contributed by atoms with Crippen molar-refractivity contribution in [2.45, 2.75) is 57.9 Å². The Kier molecular flexibility index (Phi) is 5.03. The van der Waals surface area contributed by atoms with Crippen molar-refractivity contribution < 1.29 is 4.79 Å². The summed E-state index contributed by atoms with van der Waals surface area (Å²) in [5, 5.41) is 12.0. The van der Waals surface area contributed by atoms with Crippen molar-refractivity contribution in [2.75, 3.05) is 19.6 Å². The number of likely N-dealkylation sites (tertiary alicyclic amines) is 1. The van der Waals surface area contributed by atoms with Crippen LogP contribution in [0.4, 0.5) is 0 Å². The monoisotopic (exact) mass is 303 g/mol. The highest BCUT2D eigenvalue weighted by atomic mass is 16.1. The van der Waals surface area contributed by atoms with Crippen LogP contribution in [0.15, 0.2) is 0 Å². The number of carbonyl (C=O) groups excluding carboxylic acids is 1. The summed E-state index contributed by atoms with van der Waals surface area (Å²) in [5.74, 6) is 2.99. The number of fused-ring (bicyclic) bond motifs is 2. The van der Waals surface area contributed by atoms with Crippen molar-refractivity contribution in [3.05, 3.63) is 0 Å². The first-order valence-corrected chi connectivity index (χ1v) is 9.07. The third kappa shape index (κ3) is 3.46. The maximum absolute atomic E-state index is 12.5. The van der Waals surface area contributed by atoms with E-state index in [-0.39, 0.29) is 11.8 Å². The van der Waals surface area contributed by atoms with Crippen LogP contribution in [0.1, 0.15) is 51.9 Å². The number of piperidine rings is 1. The van der Waals surface area contributed by atoms with E-state index in [9.17, 15) is 4.79 Å². The summed E-state index contributed by atoms with van der Waals surface area (Å²) < 4.78 is 0. The average molecular weight is 303 g/mol. The molecular formula is C18H29N3O. The number of nitrogens with zero attached hydrogens (tertiary/aromatic N) is 2. The minimum absolute atomic E-state index is 0.180. The zero-order valence-corrected chi connectivity index (χ0v) is 13.8. The molecule has 1 heterocycles. The van der Waals surface area contributed by atoms with E-state index in [0.717, 1.165) is 50.2 Å². The summed E-state index contributed by atoms with van der Waals surface area (Å²) in [4.78, 5) is 14.8. The van der Waals surface area contributed by atoms with Gasteiger partial charge in [0.2, 0.25) is 5.91 Å². The maximum Gasteiger partial charge on any atom is 0.223 e. The molecule has 2 saturated carbocycles. The van der Waals surface area contributed by atoms with E-state index in [2.05, 4.69) is 23.2 Å². The summed E-state index contributed by atoms with van der Waals surface area (Å²) in [7, 11) is 0. The molecule has 4 heteroatoms. The van der Waals surface area contributed by atoms with Gasteiger partial charge in [-0.05, 0) is 69.9 Å². The molecule has 0 radical (unpaired) electrons. The Morgan fingerprint density at radius 3 is 2.64 bits per heavy atom. The summed E-state index contributed by atoms with van der Waals surface area (Å²) in [5.41, 5.74) is 0. The number of rotatable bonds is 5. The van der Waals surface area contributed by atoms with Gasteiger partial charge in [-0.1, -0.05) is 6.42 Å². The third-order valence-corrected chi connectivity index (χ3v) is 6.30. The fourth-order valence-corrected chi connectivity index (χ4v) is 4.98. The number of amides is 1. The molecule has 1 amide bonds. The highest BCUT2D eigenvalue weighted by Gasteiger charge is 2.42. The van der Waals surface area contributed by atoms with E-state index in [4.69, 9.17) is 5.26 Å². The lowest BCUT2D eigenvalue weighted by atomic mass is 9.83. The second kappa shape index (κ2) is 7.00. The van der Waals surface area contributed by atoms with Gasteiger partial charge < -0.3 is 10.2 Å². The molecule has 4 unspecified atom stereocenters. The number of nitrogens with one attached hydrogen (secondary N) is 1. The lowest BCUT2D eigenvalue weighted by Gasteiger charge is -2.33. The minimum Gasteiger partial charge on any atom is -0.353 e. The molecule has 4 atom stereocenters. The van der Waals surface area contributed by atoms with Crippen molar-refractivity contribution in [3.63, 3.8) is 0 Å².